The number of pyridine rings is 1. The third-order valence-corrected chi connectivity index (χ3v) is 8.38. The molecular weight excluding hydrogens is 519 g/mol. The lowest BCUT2D eigenvalue weighted by Gasteiger charge is -2.41. The Balaban J connectivity index is 1.20. The van der Waals surface area contributed by atoms with Gasteiger partial charge in [0.15, 0.2) is 0 Å². The number of fused-ring (bicyclic) bond motifs is 3. The van der Waals surface area contributed by atoms with Crippen molar-refractivity contribution in [2.75, 3.05) is 18.4 Å². The molecule has 2 unspecified atom stereocenters. The third-order valence-electron chi connectivity index (χ3n) is 7.17. The Morgan fingerprint density at radius 1 is 1.24 bits per heavy atom. The maximum atomic E-state index is 13.5. The molecule has 6 rings (SSSR count). The number of anilines is 1. The second kappa shape index (κ2) is 9.29. The van der Waals surface area contributed by atoms with Crippen molar-refractivity contribution < 1.29 is 22.8 Å². The summed E-state index contributed by atoms with van der Waals surface area (Å²) in [6, 6.07) is 0.0308. The van der Waals surface area contributed by atoms with Gasteiger partial charge in [-0.05, 0) is 50.0 Å². The summed E-state index contributed by atoms with van der Waals surface area (Å²) in [4.78, 5) is 39.6. The van der Waals surface area contributed by atoms with Crippen LogP contribution in [0.2, 0.25) is 0 Å². The summed E-state index contributed by atoms with van der Waals surface area (Å²) in [6.45, 7) is 2.24. The number of aromatic nitrogens is 2. The predicted octanol–water partition coefficient (Wildman–Crippen LogP) is 3.77. The monoisotopic (exact) mass is 545 g/mol. The summed E-state index contributed by atoms with van der Waals surface area (Å²) in [5, 5.41) is 8.99. The minimum Gasteiger partial charge on any atom is -0.366 e. The van der Waals surface area contributed by atoms with Gasteiger partial charge in [0.05, 0.1) is 21.6 Å². The molecule has 2 aromatic heterocycles. The van der Waals surface area contributed by atoms with E-state index >= 15 is 0 Å². The van der Waals surface area contributed by atoms with Gasteiger partial charge in [-0.15, -0.1) is 11.3 Å². The van der Waals surface area contributed by atoms with Crippen LogP contribution in [-0.2, 0) is 4.79 Å². The minimum absolute atomic E-state index is 0.156. The Kier molecular flexibility index (Phi) is 6.04. The molecule has 0 radical (unpaired) electrons. The Hall–Kier alpha value is -3.61. The summed E-state index contributed by atoms with van der Waals surface area (Å²) in [7, 11) is 0. The number of thiazole rings is 1. The van der Waals surface area contributed by atoms with Crippen molar-refractivity contribution in [3.8, 4) is 10.4 Å². The second-order valence-corrected chi connectivity index (χ2v) is 11.0. The number of halogens is 3. The molecule has 3 aliphatic heterocycles. The van der Waals surface area contributed by atoms with E-state index in [1.807, 2.05) is 17.6 Å². The fourth-order valence-corrected chi connectivity index (χ4v) is 5.99. The first-order chi connectivity index (χ1) is 18.2. The molecule has 4 aliphatic rings. The fraction of sp³-hybridized carbons (Fsp3) is 0.440. The van der Waals surface area contributed by atoms with Gasteiger partial charge in [-0.3, -0.25) is 15.0 Å². The number of nitrogens with one attached hydrogen (secondary N) is 3. The molecule has 9 nitrogen and oxygen atoms in total. The van der Waals surface area contributed by atoms with Gasteiger partial charge in [0.1, 0.15) is 23.7 Å². The number of dihydropyridines is 1. The third kappa shape index (κ3) is 4.70. The highest BCUT2D eigenvalue weighted by Gasteiger charge is 2.43. The first-order valence-corrected chi connectivity index (χ1v) is 13.3. The van der Waals surface area contributed by atoms with Crippen molar-refractivity contribution in [1.82, 2.24) is 30.4 Å². The molecule has 3 amide bonds. The zero-order valence-electron chi connectivity index (χ0n) is 20.5. The normalized spacial score (nSPS) is 23.2. The standard InChI is InChI=1S/C25H26F3N7O2S/c1-13(25(26,27)28)31-22(36)17-4-5-18-21(32-17)35(16-7-9-34(18)12-16)24(37)33-20-10-15(6-8-29-20)19-11-30-23(38-19)14-2-3-14/h4-6,8,10-11,13-14,16-17,32H,2-3,7,9,12H2,1H3,(H,31,36)(H,29,33,37)/t13-,16?,17?/m1/s1. The average Bonchev–Trinajstić information content (AvgIpc) is 3.46. The van der Waals surface area contributed by atoms with Crippen molar-refractivity contribution >= 4 is 29.1 Å². The van der Waals surface area contributed by atoms with Gasteiger partial charge >= 0.3 is 12.2 Å². The van der Waals surface area contributed by atoms with E-state index in [1.54, 1.807) is 34.6 Å². The van der Waals surface area contributed by atoms with E-state index in [0.29, 0.717) is 24.1 Å². The van der Waals surface area contributed by atoms with Crippen LogP contribution in [0.3, 0.4) is 0 Å². The number of amides is 3. The minimum atomic E-state index is -4.56. The molecule has 0 aromatic carbocycles. The molecule has 3 atom stereocenters. The highest BCUT2D eigenvalue weighted by molar-refractivity contribution is 7.15. The van der Waals surface area contributed by atoms with Crippen molar-refractivity contribution in [2.24, 2.45) is 0 Å². The lowest BCUT2D eigenvalue weighted by Crippen LogP contribution is -2.57. The summed E-state index contributed by atoms with van der Waals surface area (Å²) in [6.07, 6.45) is 5.18. The van der Waals surface area contributed by atoms with E-state index < -0.39 is 30.2 Å². The van der Waals surface area contributed by atoms with Crippen LogP contribution in [0.4, 0.5) is 23.8 Å². The highest BCUT2D eigenvalue weighted by atomic mass is 32.1. The highest BCUT2D eigenvalue weighted by Crippen LogP contribution is 2.43. The second-order valence-electron chi connectivity index (χ2n) is 9.94. The number of hydrogen-bond donors (Lipinski definition) is 3. The number of nitrogens with zero attached hydrogens (tertiary/aromatic N) is 4. The van der Waals surface area contributed by atoms with Crippen LogP contribution >= 0.6 is 11.3 Å². The van der Waals surface area contributed by atoms with Crippen LogP contribution in [0.25, 0.3) is 10.4 Å². The Morgan fingerprint density at radius 2 is 2.05 bits per heavy atom. The average molecular weight is 546 g/mol. The zero-order valence-corrected chi connectivity index (χ0v) is 21.3. The van der Waals surface area contributed by atoms with Gasteiger partial charge in [-0.2, -0.15) is 13.2 Å². The van der Waals surface area contributed by atoms with Gasteiger partial charge in [0.2, 0.25) is 5.91 Å². The fourth-order valence-electron chi connectivity index (χ4n) is 4.91. The lowest BCUT2D eigenvalue weighted by atomic mass is 10.1. The molecule has 2 bridgehead atoms. The van der Waals surface area contributed by atoms with Crippen molar-refractivity contribution in [1.29, 1.82) is 0 Å². The van der Waals surface area contributed by atoms with Gasteiger partial charge in [-0.1, -0.05) is 6.08 Å². The maximum absolute atomic E-state index is 13.5. The van der Waals surface area contributed by atoms with Crippen LogP contribution in [0, 0.1) is 0 Å². The van der Waals surface area contributed by atoms with Crippen LogP contribution in [0.1, 0.15) is 37.1 Å². The van der Waals surface area contributed by atoms with Crippen LogP contribution < -0.4 is 16.0 Å². The van der Waals surface area contributed by atoms with Gasteiger partial charge in [0, 0.05) is 31.4 Å². The largest absolute Gasteiger partial charge is 0.408 e. The quantitative estimate of drug-likeness (QED) is 0.529. The van der Waals surface area contributed by atoms with Crippen LogP contribution in [0.5, 0.6) is 0 Å². The molecule has 3 N–H and O–H groups in total. The molecule has 13 heteroatoms. The van der Waals surface area contributed by atoms with Gasteiger partial charge in [-0.25, -0.2) is 14.8 Å². The molecule has 5 heterocycles. The van der Waals surface area contributed by atoms with E-state index in [0.717, 1.165) is 41.0 Å². The first kappa shape index (κ1) is 24.7. The summed E-state index contributed by atoms with van der Waals surface area (Å²) in [5.41, 5.74) is 1.63. The number of carbonyl (C=O) groups is 2. The van der Waals surface area contributed by atoms with E-state index in [1.165, 1.54) is 18.9 Å². The van der Waals surface area contributed by atoms with Crippen LogP contribution in [-0.4, -0.2) is 69.1 Å². The number of urea groups is 1. The van der Waals surface area contributed by atoms with E-state index in [2.05, 4.69) is 25.5 Å². The molecule has 200 valence electrons. The van der Waals surface area contributed by atoms with Gasteiger partial charge in [0.25, 0.3) is 0 Å². The predicted molar refractivity (Wildman–Crippen MR) is 135 cm³/mol. The van der Waals surface area contributed by atoms with E-state index in [-0.39, 0.29) is 6.04 Å². The molecule has 1 saturated carbocycles. The SMILES string of the molecule is C[C@@H](NC(=O)C1C=CC2=C(N1)N(C(=O)Nc1cc(-c3cnc(C4CC4)s3)ccn1)C1CCN2C1)C(F)(F)F. The number of hydrogen-bond acceptors (Lipinski definition) is 7. The molecular formula is C25H26F3N7O2S. The maximum Gasteiger partial charge on any atom is 0.408 e. The topological polar surface area (TPSA) is 102 Å². The van der Waals surface area contributed by atoms with Gasteiger partial charge < -0.3 is 15.5 Å². The number of rotatable bonds is 5. The summed E-state index contributed by atoms with van der Waals surface area (Å²) < 4.78 is 38.9. The van der Waals surface area contributed by atoms with E-state index in [4.69, 9.17) is 0 Å². The van der Waals surface area contributed by atoms with E-state index in [9.17, 15) is 22.8 Å². The molecule has 38 heavy (non-hydrogen) atoms. The van der Waals surface area contributed by atoms with Crippen molar-refractivity contribution in [2.45, 2.75) is 56.4 Å². The lowest BCUT2D eigenvalue weighted by molar-refractivity contribution is -0.158. The molecule has 1 saturated heterocycles. The molecule has 1 aliphatic carbocycles. The number of alkyl halides is 3. The van der Waals surface area contributed by atoms with Crippen molar-refractivity contribution in [3.63, 3.8) is 0 Å². The first-order valence-electron chi connectivity index (χ1n) is 12.5. The summed E-state index contributed by atoms with van der Waals surface area (Å²) in [5.74, 6) is 0.500. The zero-order chi connectivity index (χ0) is 26.6. The molecule has 2 aromatic rings. The Morgan fingerprint density at radius 3 is 2.82 bits per heavy atom. The smallest absolute Gasteiger partial charge is 0.366 e. The molecule has 2 fully saturated rings. The van der Waals surface area contributed by atoms with Crippen molar-refractivity contribution in [3.05, 3.63) is 53.2 Å². The Bertz CT molecular complexity index is 1340. The molecule has 0 spiro atoms. The van der Waals surface area contributed by atoms with Crippen LogP contribution in [0.15, 0.2) is 48.2 Å². The Labute approximate surface area is 220 Å². The summed E-state index contributed by atoms with van der Waals surface area (Å²) >= 11 is 1.64. The number of carbonyl (C=O) groups excluding carboxylic acids is 2. The number of allylic oxidation sites excluding steroid dienone is 1.